The number of anilines is 3. The molecule has 1 unspecified atom stereocenters. The Morgan fingerprint density at radius 1 is 0.419 bits per heavy atom. The zero-order valence-corrected chi connectivity index (χ0v) is 35.4. The standard InChI is InChI=1S/C59H48N2O/c1-4-41(2)42-15-17-47(18-16-42)49-25-37-58-56(39-49)57-40-50(26-38-59(57)61(58)54-33-35-55(62-3)36-34-54)48-23-31-53(32-24-48)60(51-27-19-45(20-28-51)43-11-7-5-8-12-43)52-29-21-46(22-30-52)44-13-9-6-10-14-44/h5-41H,4H2,1-3H3. The lowest BCUT2D eigenvalue weighted by Gasteiger charge is -2.26. The summed E-state index contributed by atoms with van der Waals surface area (Å²) in [5, 5.41) is 2.44. The summed E-state index contributed by atoms with van der Waals surface area (Å²) >= 11 is 0. The van der Waals surface area contributed by atoms with E-state index >= 15 is 0 Å². The second-order valence-electron chi connectivity index (χ2n) is 16.1. The van der Waals surface area contributed by atoms with Gasteiger partial charge in [-0.25, -0.2) is 0 Å². The molecule has 1 aromatic heterocycles. The van der Waals surface area contributed by atoms with Gasteiger partial charge in [0, 0.05) is 33.5 Å². The van der Waals surface area contributed by atoms with Crippen molar-refractivity contribution in [3.8, 4) is 55.9 Å². The van der Waals surface area contributed by atoms with Gasteiger partial charge in [0.1, 0.15) is 5.75 Å². The maximum atomic E-state index is 5.52. The fourth-order valence-corrected chi connectivity index (χ4v) is 8.75. The Morgan fingerprint density at radius 3 is 1.19 bits per heavy atom. The van der Waals surface area contributed by atoms with Crippen molar-refractivity contribution in [2.75, 3.05) is 12.0 Å². The van der Waals surface area contributed by atoms with E-state index in [1.54, 1.807) is 7.11 Å². The monoisotopic (exact) mass is 800 g/mol. The number of hydrogen-bond donors (Lipinski definition) is 0. The highest BCUT2D eigenvalue weighted by Gasteiger charge is 2.17. The van der Waals surface area contributed by atoms with E-state index in [0.717, 1.165) is 40.5 Å². The Hall–Kier alpha value is -7.62. The van der Waals surface area contributed by atoms with E-state index in [-0.39, 0.29) is 0 Å². The summed E-state index contributed by atoms with van der Waals surface area (Å²) in [6.07, 6.45) is 1.13. The van der Waals surface area contributed by atoms with Gasteiger partial charge >= 0.3 is 0 Å². The molecule has 0 aliphatic heterocycles. The molecule has 62 heavy (non-hydrogen) atoms. The predicted octanol–water partition coefficient (Wildman–Crippen LogP) is 16.4. The van der Waals surface area contributed by atoms with Gasteiger partial charge in [-0.1, -0.05) is 147 Å². The van der Waals surface area contributed by atoms with E-state index in [1.807, 2.05) is 12.1 Å². The highest BCUT2D eigenvalue weighted by molar-refractivity contribution is 6.11. The van der Waals surface area contributed by atoms with E-state index in [4.69, 9.17) is 4.74 Å². The van der Waals surface area contributed by atoms with Gasteiger partial charge in [0.05, 0.1) is 18.1 Å². The van der Waals surface area contributed by atoms with E-state index in [0.29, 0.717) is 5.92 Å². The number of hydrogen-bond acceptors (Lipinski definition) is 2. The number of nitrogens with zero attached hydrogens (tertiary/aromatic N) is 2. The number of ether oxygens (including phenoxy) is 1. The summed E-state index contributed by atoms with van der Waals surface area (Å²) in [5.41, 5.74) is 17.7. The van der Waals surface area contributed by atoms with Crippen LogP contribution < -0.4 is 9.64 Å². The molecule has 0 fully saturated rings. The average Bonchev–Trinajstić information content (AvgIpc) is 3.68. The van der Waals surface area contributed by atoms with Crippen LogP contribution >= 0.6 is 0 Å². The normalized spacial score (nSPS) is 11.8. The van der Waals surface area contributed by atoms with Gasteiger partial charge in [0.25, 0.3) is 0 Å². The highest BCUT2D eigenvalue weighted by Crippen LogP contribution is 2.40. The first kappa shape index (κ1) is 38.6. The second-order valence-corrected chi connectivity index (χ2v) is 16.1. The van der Waals surface area contributed by atoms with Gasteiger partial charge in [-0.2, -0.15) is 0 Å². The Bertz CT molecular complexity index is 3010. The van der Waals surface area contributed by atoms with E-state index < -0.39 is 0 Å². The quantitative estimate of drug-likeness (QED) is 0.130. The molecule has 300 valence electrons. The van der Waals surface area contributed by atoms with Crippen LogP contribution in [0.3, 0.4) is 0 Å². The number of aromatic nitrogens is 1. The Labute approximate surface area is 364 Å². The molecule has 9 aromatic carbocycles. The SMILES string of the molecule is CCC(C)c1ccc(-c2ccc3c(c2)c2cc(-c4ccc(N(c5ccc(-c6ccccc6)cc5)c5ccc(-c6ccccc6)cc5)cc4)ccc2n3-c2ccc(OC)cc2)cc1. The summed E-state index contributed by atoms with van der Waals surface area (Å²) in [6, 6.07) is 79.2. The van der Waals surface area contributed by atoms with Crippen LogP contribution in [0.4, 0.5) is 17.1 Å². The molecule has 1 atom stereocenters. The number of methoxy groups -OCH3 is 1. The third-order valence-electron chi connectivity index (χ3n) is 12.4. The maximum absolute atomic E-state index is 5.52. The van der Waals surface area contributed by atoms with Crippen LogP contribution in [0, 0.1) is 0 Å². The third kappa shape index (κ3) is 7.43. The van der Waals surface area contributed by atoms with Crippen LogP contribution in [0.5, 0.6) is 5.75 Å². The summed E-state index contributed by atoms with van der Waals surface area (Å²) < 4.78 is 7.90. The van der Waals surface area contributed by atoms with Gasteiger partial charge in [-0.05, 0) is 147 Å². The third-order valence-corrected chi connectivity index (χ3v) is 12.4. The summed E-state index contributed by atoms with van der Waals surface area (Å²) in [7, 11) is 1.71. The van der Waals surface area contributed by atoms with Crippen molar-refractivity contribution in [1.29, 1.82) is 0 Å². The van der Waals surface area contributed by atoms with Crippen LogP contribution in [0.2, 0.25) is 0 Å². The average molecular weight is 801 g/mol. The molecule has 1 heterocycles. The lowest BCUT2D eigenvalue weighted by Crippen LogP contribution is -2.09. The van der Waals surface area contributed by atoms with Gasteiger partial charge in [-0.15, -0.1) is 0 Å². The van der Waals surface area contributed by atoms with Crippen molar-refractivity contribution in [2.45, 2.75) is 26.2 Å². The van der Waals surface area contributed by atoms with Crippen molar-refractivity contribution in [3.05, 3.63) is 224 Å². The van der Waals surface area contributed by atoms with E-state index in [2.05, 4.69) is 230 Å². The minimum absolute atomic E-state index is 0.544. The molecule has 10 rings (SSSR count). The molecular weight excluding hydrogens is 753 g/mol. The van der Waals surface area contributed by atoms with Gasteiger partial charge in [0.15, 0.2) is 0 Å². The number of fused-ring (bicyclic) bond motifs is 3. The zero-order chi connectivity index (χ0) is 42.0. The topological polar surface area (TPSA) is 17.4 Å². The smallest absolute Gasteiger partial charge is 0.119 e. The fourth-order valence-electron chi connectivity index (χ4n) is 8.75. The second kappa shape index (κ2) is 16.8. The molecular formula is C59H48N2O. The molecule has 0 spiro atoms. The van der Waals surface area contributed by atoms with Crippen LogP contribution in [0.25, 0.3) is 72.0 Å². The molecule has 0 radical (unpaired) electrons. The number of benzene rings is 9. The molecule has 0 amide bonds. The molecule has 0 bridgehead atoms. The van der Waals surface area contributed by atoms with Crippen molar-refractivity contribution < 1.29 is 4.74 Å². The van der Waals surface area contributed by atoms with Crippen molar-refractivity contribution in [1.82, 2.24) is 4.57 Å². The molecule has 3 nitrogen and oxygen atoms in total. The first-order valence-electron chi connectivity index (χ1n) is 21.6. The van der Waals surface area contributed by atoms with Crippen LogP contribution in [-0.4, -0.2) is 11.7 Å². The fraction of sp³-hybridized carbons (Fsp3) is 0.0847. The van der Waals surface area contributed by atoms with Crippen molar-refractivity contribution in [2.24, 2.45) is 0 Å². The van der Waals surface area contributed by atoms with Gasteiger partial charge in [-0.3, -0.25) is 0 Å². The summed E-state index contributed by atoms with van der Waals surface area (Å²) in [5.74, 6) is 1.39. The Balaban J connectivity index is 1.05. The largest absolute Gasteiger partial charge is 0.497 e. The van der Waals surface area contributed by atoms with Crippen molar-refractivity contribution in [3.63, 3.8) is 0 Å². The predicted molar refractivity (Wildman–Crippen MR) is 262 cm³/mol. The van der Waals surface area contributed by atoms with Gasteiger partial charge < -0.3 is 14.2 Å². The minimum Gasteiger partial charge on any atom is -0.497 e. The van der Waals surface area contributed by atoms with E-state index in [9.17, 15) is 0 Å². The molecule has 0 aliphatic carbocycles. The van der Waals surface area contributed by atoms with Crippen molar-refractivity contribution >= 4 is 38.9 Å². The Kier molecular flexibility index (Phi) is 10.4. The molecule has 10 aromatic rings. The molecule has 0 saturated carbocycles. The molecule has 0 saturated heterocycles. The highest BCUT2D eigenvalue weighted by atomic mass is 16.5. The Morgan fingerprint density at radius 2 is 0.790 bits per heavy atom. The van der Waals surface area contributed by atoms with Gasteiger partial charge in [0.2, 0.25) is 0 Å². The number of rotatable bonds is 11. The lowest BCUT2D eigenvalue weighted by atomic mass is 9.95. The first-order valence-corrected chi connectivity index (χ1v) is 21.6. The lowest BCUT2D eigenvalue weighted by molar-refractivity contribution is 0.415. The van der Waals surface area contributed by atoms with Crippen LogP contribution in [0.1, 0.15) is 31.7 Å². The molecule has 0 aliphatic rings. The van der Waals surface area contributed by atoms with Crippen LogP contribution in [0.15, 0.2) is 218 Å². The van der Waals surface area contributed by atoms with E-state index in [1.165, 1.54) is 66.3 Å². The first-order chi connectivity index (χ1) is 30.5. The van der Waals surface area contributed by atoms with Crippen LogP contribution in [-0.2, 0) is 0 Å². The molecule has 3 heteroatoms. The molecule has 0 N–H and O–H groups in total. The summed E-state index contributed by atoms with van der Waals surface area (Å²) in [6.45, 7) is 4.55. The summed E-state index contributed by atoms with van der Waals surface area (Å²) in [4.78, 5) is 2.34. The zero-order valence-electron chi connectivity index (χ0n) is 35.4. The maximum Gasteiger partial charge on any atom is 0.119 e. The minimum atomic E-state index is 0.544.